The quantitative estimate of drug-likeness (QED) is 0.175. The minimum Gasteiger partial charge on any atom is -0.457 e. The number of rotatable bonds is 16. The summed E-state index contributed by atoms with van der Waals surface area (Å²) in [6, 6.07) is -1.11. The normalized spacial score (nSPS) is 25.9. The molecule has 5 atom stereocenters. The molecule has 0 aromatic heterocycles. The van der Waals surface area contributed by atoms with E-state index >= 15 is 0 Å². The van der Waals surface area contributed by atoms with Crippen molar-refractivity contribution in [3.8, 4) is 0 Å². The molecule has 0 spiro atoms. The molecule has 0 saturated carbocycles. The Balaban J connectivity index is 2.23. The van der Waals surface area contributed by atoms with Gasteiger partial charge in [-0.1, -0.05) is 57.8 Å². The first-order valence-corrected chi connectivity index (χ1v) is 11.6. The molecule has 1 amide bonds. The van der Waals surface area contributed by atoms with Crippen molar-refractivity contribution in [3.63, 3.8) is 0 Å². The maximum Gasteiger partial charge on any atom is 0.306 e. The van der Waals surface area contributed by atoms with Gasteiger partial charge < -0.3 is 35.2 Å². The number of nitrogens with one attached hydrogen (secondary N) is 1. The van der Waals surface area contributed by atoms with Crippen molar-refractivity contribution >= 4 is 11.9 Å². The molecule has 5 N–H and O–H groups in total. The summed E-state index contributed by atoms with van der Waals surface area (Å²) in [5, 5.41) is 40.8. The smallest absolute Gasteiger partial charge is 0.306 e. The van der Waals surface area contributed by atoms with E-state index in [0.717, 1.165) is 32.1 Å². The number of hydrogen-bond acceptors (Lipinski definition) is 8. The average Bonchev–Trinajstić information content (AvgIpc) is 2.73. The summed E-state index contributed by atoms with van der Waals surface area (Å²) in [6.07, 6.45) is 6.75. The molecule has 1 rings (SSSR count). The fraction of sp³-hybridized carbons (Fsp3) is 0.909. The van der Waals surface area contributed by atoms with E-state index in [4.69, 9.17) is 14.6 Å². The van der Waals surface area contributed by atoms with Crippen LogP contribution < -0.4 is 5.32 Å². The average molecular weight is 448 g/mol. The second-order valence-corrected chi connectivity index (χ2v) is 8.28. The zero-order valence-corrected chi connectivity index (χ0v) is 18.7. The molecular weight excluding hydrogens is 406 g/mol. The highest BCUT2D eigenvalue weighted by Gasteiger charge is 2.47. The van der Waals surface area contributed by atoms with Gasteiger partial charge in [-0.3, -0.25) is 9.59 Å². The largest absolute Gasteiger partial charge is 0.457 e. The van der Waals surface area contributed by atoms with E-state index < -0.39 is 49.1 Å². The van der Waals surface area contributed by atoms with Crippen molar-refractivity contribution in [1.82, 2.24) is 5.32 Å². The molecule has 0 radical (unpaired) electrons. The first-order chi connectivity index (χ1) is 14.9. The Hall–Kier alpha value is -1.26. The number of carbonyl (C=O) groups is 2. The summed E-state index contributed by atoms with van der Waals surface area (Å²) in [6.45, 7) is 0.972. The maximum atomic E-state index is 12.2. The zero-order chi connectivity index (χ0) is 23.1. The highest BCUT2D eigenvalue weighted by Crippen LogP contribution is 2.23. The minimum absolute atomic E-state index is 0.182. The number of carbonyl (C=O) groups excluding carboxylic acids is 2. The lowest BCUT2D eigenvalue weighted by molar-refractivity contribution is -0.258. The van der Waals surface area contributed by atoms with E-state index in [-0.39, 0.29) is 13.0 Å². The summed E-state index contributed by atoms with van der Waals surface area (Å²) >= 11 is 0. The third kappa shape index (κ3) is 11.2. The van der Waals surface area contributed by atoms with Crippen LogP contribution in [0.5, 0.6) is 0 Å². The van der Waals surface area contributed by atoms with Crippen molar-refractivity contribution in [3.05, 3.63) is 0 Å². The number of aliphatic hydroxyl groups excluding tert-OH is 4. The maximum absolute atomic E-state index is 12.2. The molecular formula is C22H41NO8. The van der Waals surface area contributed by atoms with E-state index in [1.54, 1.807) is 0 Å². The summed E-state index contributed by atoms with van der Waals surface area (Å²) in [5.74, 6) is -0.985. The first kappa shape index (κ1) is 27.8. The highest BCUT2D eigenvalue weighted by atomic mass is 16.6. The zero-order valence-electron chi connectivity index (χ0n) is 18.7. The molecule has 1 saturated heterocycles. The Bertz CT molecular complexity index is 504. The number of unbranched alkanes of at least 4 members (excludes halogenated alkanes) is 10. The van der Waals surface area contributed by atoms with Gasteiger partial charge in [0.15, 0.2) is 12.4 Å². The van der Waals surface area contributed by atoms with Gasteiger partial charge in [0, 0.05) is 20.0 Å². The van der Waals surface area contributed by atoms with Crippen LogP contribution in [0.15, 0.2) is 0 Å². The molecule has 182 valence electrons. The van der Waals surface area contributed by atoms with Gasteiger partial charge in [0.25, 0.3) is 0 Å². The van der Waals surface area contributed by atoms with Gasteiger partial charge in [-0.15, -0.1) is 0 Å². The molecule has 0 aromatic carbocycles. The molecule has 0 aromatic rings. The summed E-state index contributed by atoms with van der Waals surface area (Å²) < 4.78 is 10.4. The van der Waals surface area contributed by atoms with Crippen LogP contribution in [0.2, 0.25) is 0 Å². The van der Waals surface area contributed by atoms with Gasteiger partial charge in [0.05, 0.1) is 6.61 Å². The van der Waals surface area contributed by atoms with Crippen LogP contribution in [-0.2, 0) is 19.1 Å². The molecule has 0 aliphatic carbocycles. The van der Waals surface area contributed by atoms with E-state index in [2.05, 4.69) is 5.32 Å². The fourth-order valence-corrected chi connectivity index (χ4v) is 3.80. The van der Waals surface area contributed by atoms with Crippen LogP contribution >= 0.6 is 0 Å². The summed E-state index contributed by atoms with van der Waals surface area (Å²) in [7, 11) is 0. The first-order valence-electron chi connectivity index (χ1n) is 11.6. The van der Waals surface area contributed by atoms with E-state index in [0.29, 0.717) is 6.42 Å². The molecule has 9 nitrogen and oxygen atoms in total. The van der Waals surface area contributed by atoms with Crippen LogP contribution in [-0.4, -0.2) is 76.2 Å². The molecule has 9 heteroatoms. The third-order valence-electron chi connectivity index (χ3n) is 5.55. The molecule has 1 heterocycles. The predicted molar refractivity (Wildman–Crippen MR) is 114 cm³/mol. The lowest BCUT2D eigenvalue weighted by Gasteiger charge is -2.41. The van der Waals surface area contributed by atoms with Crippen molar-refractivity contribution in [2.75, 3.05) is 13.2 Å². The van der Waals surface area contributed by atoms with E-state index in [1.165, 1.54) is 39.0 Å². The van der Waals surface area contributed by atoms with Crippen LogP contribution in [0.1, 0.15) is 84.0 Å². The molecule has 0 bridgehead atoms. The Kier molecular flexibility index (Phi) is 14.7. The molecule has 31 heavy (non-hydrogen) atoms. The Morgan fingerprint density at radius 1 is 0.871 bits per heavy atom. The predicted octanol–water partition coefficient (Wildman–Crippen LogP) is 1.15. The monoisotopic (exact) mass is 447 g/mol. The summed E-state index contributed by atoms with van der Waals surface area (Å²) in [4.78, 5) is 23.6. The number of amides is 1. The fourth-order valence-electron chi connectivity index (χ4n) is 3.80. The van der Waals surface area contributed by atoms with Gasteiger partial charge in [0.2, 0.25) is 5.91 Å². The van der Waals surface area contributed by atoms with Crippen molar-refractivity contribution in [2.45, 2.75) is 115 Å². The highest BCUT2D eigenvalue weighted by molar-refractivity contribution is 5.73. The van der Waals surface area contributed by atoms with Gasteiger partial charge in [-0.25, -0.2) is 0 Å². The lowest BCUT2D eigenvalue weighted by Crippen LogP contribution is -2.65. The standard InChI is InChI=1S/C22H41NO8/c1-16(26)23-19-21(20(28)17(15-25)30-22(19)29)31-18(27)13-11-9-7-5-3-2-4-6-8-10-12-14-24/h17,19-22,24-25,28-29H,2-15H2,1H3,(H,23,26)/t17-,19-,20-,21-,22?/m1/s1. The van der Waals surface area contributed by atoms with Gasteiger partial charge in [0.1, 0.15) is 18.2 Å². The van der Waals surface area contributed by atoms with Crippen LogP contribution in [0.25, 0.3) is 0 Å². The number of hydrogen-bond donors (Lipinski definition) is 5. The van der Waals surface area contributed by atoms with Crippen molar-refractivity contribution < 1.29 is 39.5 Å². The topological polar surface area (TPSA) is 146 Å². The lowest BCUT2D eigenvalue weighted by atomic mass is 9.96. The van der Waals surface area contributed by atoms with Gasteiger partial charge >= 0.3 is 5.97 Å². The Morgan fingerprint density at radius 2 is 1.39 bits per heavy atom. The second-order valence-electron chi connectivity index (χ2n) is 8.28. The Labute approximate surface area is 185 Å². The second kappa shape index (κ2) is 16.4. The van der Waals surface area contributed by atoms with Crippen LogP contribution in [0.3, 0.4) is 0 Å². The van der Waals surface area contributed by atoms with Gasteiger partial charge in [-0.2, -0.15) is 0 Å². The van der Waals surface area contributed by atoms with Crippen LogP contribution in [0, 0.1) is 0 Å². The van der Waals surface area contributed by atoms with Crippen LogP contribution in [0.4, 0.5) is 0 Å². The molecule has 1 fully saturated rings. The third-order valence-corrected chi connectivity index (χ3v) is 5.55. The Morgan fingerprint density at radius 3 is 1.87 bits per heavy atom. The van der Waals surface area contributed by atoms with Crippen molar-refractivity contribution in [2.24, 2.45) is 0 Å². The number of ether oxygens (including phenoxy) is 2. The van der Waals surface area contributed by atoms with E-state index in [1.807, 2.05) is 0 Å². The summed E-state index contributed by atoms with van der Waals surface area (Å²) in [5.41, 5.74) is 0. The van der Waals surface area contributed by atoms with Gasteiger partial charge in [-0.05, 0) is 12.8 Å². The molecule has 1 unspecified atom stereocenters. The molecule has 1 aliphatic rings. The number of aliphatic hydroxyl groups is 4. The van der Waals surface area contributed by atoms with E-state index in [9.17, 15) is 24.9 Å². The number of esters is 1. The minimum atomic E-state index is -1.50. The molecule has 1 aliphatic heterocycles. The van der Waals surface area contributed by atoms with Crippen molar-refractivity contribution in [1.29, 1.82) is 0 Å². The SMILES string of the molecule is CC(=O)N[C@H]1C(O)O[C@H](CO)[C@@H](O)[C@@H]1OC(=O)CCCCCCCCCCCCCO.